The molecule has 0 unspecified atom stereocenters. The predicted molar refractivity (Wildman–Crippen MR) is 119 cm³/mol. The molecule has 0 radical (unpaired) electrons. The van der Waals surface area contributed by atoms with Crippen molar-refractivity contribution >= 4 is 11.8 Å². The van der Waals surface area contributed by atoms with Crippen molar-refractivity contribution in [3.8, 4) is 0 Å². The van der Waals surface area contributed by atoms with E-state index in [1.807, 2.05) is 12.1 Å². The average molecular weight is 405 g/mol. The van der Waals surface area contributed by atoms with Crippen LogP contribution in [0.2, 0.25) is 0 Å². The Labute approximate surface area is 179 Å². The summed E-state index contributed by atoms with van der Waals surface area (Å²) in [6.07, 6.45) is 6.04. The summed E-state index contributed by atoms with van der Waals surface area (Å²) in [5.41, 5.74) is 2.72. The maximum absolute atomic E-state index is 12.8. The molecule has 2 amide bonds. The van der Waals surface area contributed by atoms with Crippen molar-refractivity contribution in [3.05, 3.63) is 71.8 Å². The van der Waals surface area contributed by atoms with Gasteiger partial charge in [0.1, 0.15) is 0 Å². The van der Waals surface area contributed by atoms with Crippen LogP contribution in [0.3, 0.4) is 0 Å². The van der Waals surface area contributed by atoms with Crippen molar-refractivity contribution in [2.75, 3.05) is 26.2 Å². The molecular formula is C26H32N2O2. The van der Waals surface area contributed by atoms with E-state index in [0.29, 0.717) is 38.0 Å². The Morgan fingerprint density at radius 2 is 0.933 bits per heavy atom. The summed E-state index contributed by atoms with van der Waals surface area (Å²) < 4.78 is 0. The van der Waals surface area contributed by atoms with Crippen molar-refractivity contribution in [2.45, 2.75) is 38.5 Å². The summed E-state index contributed by atoms with van der Waals surface area (Å²) in [7, 11) is 0. The molecule has 4 rings (SSSR count). The van der Waals surface area contributed by atoms with Gasteiger partial charge in [-0.05, 0) is 61.5 Å². The van der Waals surface area contributed by atoms with Gasteiger partial charge in [-0.1, -0.05) is 60.7 Å². The van der Waals surface area contributed by atoms with Crippen LogP contribution in [0, 0.1) is 11.8 Å². The number of nitrogens with zero attached hydrogens (tertiary/aromatic N) is 2. The lowest BCUT2D eigenvalue weighted by Gasteiger charge is -2.35. The number of hydrogen-bond acceptors (Lipinski definition) is 2. The van der Waals surface area contributed by atoms with Gasteiger partial charge in [0.2, 0.25) is 0 Å². The normalized spacial score (nSPS) is 18.4. The molecule has 4 nitrogen and oxygen atoms in total. The van der Waals surface area contributed by atoms with Crippen LogP contribution in [0.1, 0.15) is 36.8 Å². The molecule has 4 heteroatoms. The first-order valence-corrected chi connectivity index (χ1v) is 11.3. The summed E-state index contributed by atoms with van der Waals surface area (Å²) in [6.45, 7) is 2.80. The zero-order valence-electron chi connectivity index (χ0n) is 17.7. The number of carbonyl (C=O) groups is 2. The average Bonchev–Trinajstić information content (AvgIpc) is 2.80. The van der Waals surface area contributed by atoms with Gasteiger partial charge in [0, 0.05) is 26.2 Å². The molecule has 158 valence electrons. The monoisotopic (exact) mass is 404 g/mol. The molecule has 0 bridgehead atoms. The lowest BCUT2D eigenvalue weighted by Crippen LogP contribution is -2.50. The molecule has 2 aromatic carbocycles. The first kappa shape index (κ1) is 20.6. The molecule has 2 saturated heterocycles. The van der Waals surface area contributed by atoms with Crippen molar-refractivity contribution < 1.29 is 9.59 Å². The van der Waals surface area contributed by atoms with E-state index in [4.69, 9.17) is 0 Å². The molecule has 2 aromatic rings. The molecule has 0 spiro atoms. The minimum absolute atomic E-state index is 0.297. The number of benzene rings is 2. The Kier molecular flexibility index (Phi) is 6.83. The van der Waals surface area contributed by atoms with Crippen LogP contribution in [-0.2, 0) is 22.4 Å². The summed E-state index contributed by atoms with van der Waals surface area (Å²) in [5, 5.41) is 0. The van der Waals surface area contributed by atoms with Gasteiger partial charge >= 0.3 is 11.8 Å². The molecule has 0 atom stereocenters. The van der Waals surface area contributed by atoms with Gasteiger partial charge < -0.3 is 9.80 Å². The third kappa shape index (κ3) is 5.29. The zero-order chi connectivity index (χ0) is 20.8. The van der Waals surface area contributed by atoms with Gasteiger partial charge in [-0.3, -0.25) is 9.59 Å². The minimum Gasteiger partial charge on any atom is -0.334 e. The van der Waals surface area contributed by atoms with Gasteiger partial charge in [-0.15, -0.1) is 0 Å². The van der Waals surface area contributed by atoms with E-state index in [2.05, 4.69) is 48.5 Å². The molecule has 0 saturated carbocycles. The highest BCUT2D eigenvalue weighted by Gasteiger charge is 2.32. The van der Waals surface area contributed by atoms with Crippen LogP contribution in [0.4, 0.5) is 0 Å². The van der Waals surface area contributed by atoms with Crippen LogP contribution in [0.25, 0.3) is 0 Å². The summed E-state index contributed by atoms with van der Waals surface area (Å²) in [6, 6.07) is 21.1. The van der Waals surface area contributed by atoms with Crippen LogP contribution in [-0.4, -0.2) is 47.8 Å². The SMILES string of the molecule is O=C(C(=O)N1CCC(Cc2ccccc2)CC1)N1CCC(Cc2ccccc2)CC1. The van der Waals surface area contributed by atoms with Gasteiger partial charge in [0.05, 0.1) is 0 Å². The van der Waals surface area contributed by atoms with E-state index in [1.165, 1.54) is 11.1 Å². The molecule has 2 aliphatic rings. The fourth-order valence-corrected chi connectivity index (χ4v) is 4.85. The van der Waals surface area contributed by atoms with Crippen LogP contribution in [0.5, 0.6) is 0 Å². The molecular weight excluding hydrogens is 372 g/mol. The molecule has 2 aliphatic heterocycles. The van der Waals surface area contributed by atoms with Crippen LogP contribution in [0.15, 0.2) is 60.7 Å². The number of likely N-dealkylation sites (tertiary alicyclic amines) is 2. The first-order valence-electron chi connectivity index (χ1n) is 11.3. The topological polar surface area (TPSA) is 40.6 Å². The van der Waals surface area contributed by atoms with Gasteiger partial charge in [0.25, 0.3) is 0 Å². The van der Waals surface area contributed by atoms with E-state index in [9.17, 15) is 9.59 Å². The quantitative estimate of drug-likeness (QED) is 0.724. The van der Waals surface area contributed by atoms with E-state index in [1.54, 1.807) is 9.80 Å². The van der Waals surface area contributed by atoms with Gasteiger partial charge in [-0.2, -0.15) is 0 Å². The largest absolute Gasteiger partial charge is 0.334 e. The second kappa shape index (κ2) is 9.92. The standard InChI is InChI=1S/C26H32N2O2/c29-25(27-15-11-23(12-16-27)19-21-7-3-1-4-8-21)26(30)28-17-13-24(14-18-28)20-22-9-5-2-6-10-22/h1-10,23-24H,11-20H2. The molecule has 0 aromatic heterocycles. The van der Waals surface area contributed by atoms with Crippen LogP contribution >= 0.6 is 0 Å². The number of hydrogen-bond donors (Lipinski definition) is 0. The highest BCUT2D eigenvalue weighted by Crippen LogP contribution is 2.24. The van der Waals surface area contributed by atoms with Crippen molar-refractivity contribution in [1.82, 2.24) is 9.80 Å². The molecule has 2 heterocycles. The summed E-state index contributed by atoms with van der Waals surface area (Å²) in [4.78, 5) is 29.1. The Morgan fingerprint density at radius 1 is 0.600 bits per heavy atom. The van der Waals surface area contributed by atoms with Gasteiger partial charge in [0.15, 0.2) is 0 Å². The highest BCUT2D eigenvalue weighted by atomic mass is 16.2. The third-order valence-corrected chi connectivity index (χ3v) is 6.72. The summed E-state index contributed by atoms with van der Waals surface area (Å²) >= 11 is 0. The predicted octanol–water partition coefficient (Wildman–Crippen LogP) is 3.95. The Hall–Kier alpha value is -2.62. The lowest BCUT2D eigenvalue weighted by atomic mass is 9.89. The third-order valence-electron chi connectivity index (χ3n) is 6.72. The number of carbonyl (C=O) groups excluding carboxylic acids is 2. The smallest absolute Gasteiger partial charge is 0.312 e. The lowest BCUT2D eigenvalue weighted by molar-refractivity contribution is -0.153. The van der Waals surface area contributed by atoms with E-state index < -0.39 is 0 Å². The van der Waals surface area contributed by atoms with Crippen LogP contribution < -0.4 is 0 Å². The second-order valence-electron chi connectivity index (χ2n) is 8.85. The first-order chi connectivity index (χ1) is 14.7. The van der Waals surface area contributed by atoms with Crippen molar-refractivity contribution in [2.24, 2.45) is 11.8 Å². The van der Waals surface area contributed by atoms with Crippen molar-refractivity contribution in [1.29, 1.82) is 0 Å². The zero-order valence-corrected chi connectivity index (χ0v) is 17.7. The molecule has 2 fully saturated rings. The molecule has 0 N–H and O–H groups in total. The van der Waals surface area contributed by atoms with Crippen molar-refractivity contribution in [3.63, 3.8) is 0 Å². The number of amides is 2. The maximum atomic E-state index is 12.8. The maximum Gasteiger partial charge on any atom is 0.312 e. The molecule has 30 heavy (non-hydrogen) atoms. The molecule has 0 aliphatic carbocycles. The minimum atomic E-state index is -0.297. The number of piperidine rings is 2. The number of rotatable bonds is 4. The fourth-order valence-electron chi connectivity index (χ4n) is 4.85. The van der Waals surface area contributed by atoms with E-state index in [-0.39, 0.29) is 11.8 Å². The Balaban J connectivity index is 1.21. The van der Waals surface area contributed by atoms with Gasteiger partial charge in [-0.25, -0.2) is 0 Å². The summed E-state index contributed by atoms with van der Waals surface area (Å²) in [5.74, 6) is 0.602. The van der Waals surface area contributed by atoms with E-state index in [0.717, 1.165) is 38.5 Å². The fraction of sp³-hybridized carbons (Fsp3) is 0.462. The second-order valence-corrected chi connectivity index (χ2v) is 8.85. The van der Waals surface area contributed by atoms with E-state index >= 15 is 0 Å². The Morgan fingerprint density at radius 3 is 1.27 bits per heavy atom. The Bertz CT molecular complexity index is 749. The highest BCUT2D eigenvalue weighted by molar-refractivity contribution is 6.34.